The van der Waals surface area contributed by atoms with Gasteiger partial charge in [-0.25, -0.2) is 0 Å². The van der Waals surface area contributed by atoms with Crippen molar-refractivity contribution in [2.45, 2.75) is 44.4 Å². The highest BCUT2D eigenvalue weighted by molar-refractivity contribution is 5.96. The van der Waals surface area contributed by atoms with Gasteiger partial charge in [-0.05, 0) is 43.5 Å². The van der Waals surface area contributed by atoms with Crippen LogP contribution in [0, 0.1) is 0 Å². The first kappa shape index (κ1) is 25.8. The third-order valence-corrected chi connectivity index (χ3v) is 7.14. The highest BCUT2D eigenvalue weighted by Crippen LogP contribution is 2.47. The number of hydrogen-bond acceptors (Lipinski definition) is 5. The van der Waals surface area contributed by atoms with Gasteiger partial charge in [-0.3, -0.25) is 9.59 Å². The van der Waals surface area contributed by atoms with E-state index in [0.717, 1.165) is 27.7 Å². The summed E-state index contributed by atoms with van der Waals surface area (Å²) in [5, 5.41) is 24.7. The molecule has 0 saturated heterocycles. The molecule has 2 amide bonds. The molecule has 3 aromatic rings. The number of nitrogens with one attached hydrogen (secondary N) is 2. The smallest absolute Gasteiger partial charge is 0.247 e. The lowest BCUT2D eigenvalue weighted by molar-refractivity contribution is -0.132. The maximum atomic E-state index is 13.5. The number of aliphatic hydroxyl groups is 2. The number of H-pyrrole nitrogens is 1. The van der Waals surface area contributed by atoms with Crippen LogP contribution in [0.2, 0.25) is 0 Å². The summed E-state index contributed by atoms with van der Waals surface area (Å²) in [5.74, 6) is -0.462. The van der Waals surface area contributed by atoms with E-state index in [1.165, 1.54) is 0 Å². The number of amides is 2. The minimum atomic E-state index is -1.06. The Balaban J connectivity index is 1.51. The Morgan fingerprint density at radius 3 is 2.66 bits per heavy atom. The third-order valence-electron chi connectivity index (χ3n) is 7.14. The SMILES string of the molecule is CC(C)=CC(=O)N(CCc1cc2ccccc2[nH]1)C1C=C(C(=O)NCCO)C2c3ccccc3OC2C1O. The first-order valence-corrected chi connectivity index (χ1v) is 12.9. The van der Waals surface area contributed by atoms with E-state index in [1.54, 1.807) is 17.1 Å². The molecular weight excluding hydrogens is 482 g/mol. The Morgan fingerprint density at radius 2 is 1.89 bits per heavy atom. The predicted octanol–water partition coefficient (Wildman–Crippen LogP) is 2.83. The van der Waals surface area contributed by atoms with Gasteiger partial charge < -0.3 is 30.2 Å². The van der Waals surface area contributed by atoms with Crippen molar-refractivity contribution in [1.82, 2.24) is 15.2 Å². The number of benzene rings is 2. The molecular formula is C30H33N3O5. The number of carbonyl (C=O) groups is 2. The molecule has 0 saturated carbocycles. The van der Waals surface area contributed by atoms with Gasteiger partial charge in [0, 0.05) is 47.9 Å². The predicted molar refractivity (Wildman–Crippen MR) is 145 cm³/mol. The average Bonchev–Trinajstić information content (AvgIpc) is 3.50. The average molecular weight is 516 g/mol. The fourth-order valence-electron chi connectivity index (χ4n) is 5.44. The summed E-state index contributed by atoms with van der Waals surface area (Å²) in [6.07, 6.45) is 2.00. The van der Waals surface area contributed by atoms with Gasteiger partial charge in [-0.2, -0.15) is 0 Å². The van der Waals surface area contributed by atoms with Crippen molar-refractivity contribution in [1.29, 1.82) is 0 Å². The lowest BCUT2D eigenvalue weighted by Gasteiger charge is -2.40. The Morgan fingerprint density at radius 1 is 1.13 bits per heavy atom. The Labute approximate surface area is 221 Å². The first-order chi connectivity index (χ1) is 18.4. The van der Waals surface area contributed by atoms with Crippen molar-refractivity contribution in [2.75, 3.05) is 19.7 Å². The van der Waals surface area contributed by atoms with E-state index in [4.69, 9.17) is 4.74 Å². The molecule has 1 aromatic heterocycles. The van der Waals surface area contributed by atoms with Crippen molar-refractivity contribution in [2.24, 2.45) is 0 Å². The van der Waals surface area contributed by atoms with Crippen LogP contribution in [-0.4, -0.2) is 69.9 Å². The number of rotatable bonds is 8. The fraction of sp³-hybridized carbons (Fsp3) is 0.333. The molecule has 8 heteroatoms. The summed E-state index contributed by atoms with van der Waals surface area (Å²) in [6.45, 7) is 3.93. The highest BCUT2D eigenvalue weighted by atomic mass is 16.5. The number of aliphatic hydroxyl groups excluding tert-OH is 2. The van der Waals surface area contributed by atoms with Crippen LogP contribution in [0.5, 0.6) is 5.75 Å². The number of carbonyl (C=O) groups excluding carboxylic acids is 2. The van der Waals surface area contributed by atoms with Crippen molar-refractivity contribution >= 4 is 22.7 Å². The molecule has 2 aliphatic rings. The van der Waals surface area contributed by atoms with E-state index in [9.17, 15) is 19.8 Å². The van der Waals surface area contributed by atoms with Gasteiger partial charge in [-0.1, -0.05) is 42.0 Å². The lowest BCUT2D eigenvalue weighted by atomic mass is 9.77. The number of ether oxygens (including phenoxy) is 1. The summed E-state index contributed by atoms with van der Waals surface area (Å²) >= 11 is 0. The largest absolute Gasteiger partial charge is 0.486 e. The van der Waals surface area contributed by atoms with Gasteiger partial charge in [0.1, 0.15) is 18.0 Å². The van der Waals surface area contributed by atoms with Crippen molar-refractivity contribution in [3.05, 3.63) is 89.2 Å². The molecule has 198 valence electrons. The molecule has 8 nitrogen and oxygen atoms in total. The first-order valence-electron chi connectivity index (χ1n) is 12.9. The van der Waals surface area contributed by atoms with E-state index in [2.05, 4.69) is 16.4 Å². The third kappa shape index (κ3) is 4.97. The quantitative estimate of drug-likeness (QED) is 0.345. The number of allylic oxidation sites excluding steroid dienone is 1. The monoisotopic (exact) mass is 515 g/mol. The lowest BCUT2D eigenvalue weighted by Crippen LogP contribution is -2.56. The Kier molecular flexibility index (Phi) is 7.35. The second kappa shape index (κ2) is 10.8. The second-order valence-corrected chi connectivity index (χ2v) is 10.1. The van der Waals surface area contributed by atoms with Crippen molar-refractivity contribution in [3.63, 3.8) is 0 Å². The van der Waals surface area contributed by atoms with Crippen LogP contribution in [0.15, 0.2) is 77.9 Å². The summed E-state index contributed by atoms with van der Waals surface area (Å²) in [4.78, 5) is 31.8. The van der Waals surface area contributed by atoms with Crippen LogP contribution in [0.25, 0.3) is 10.9 Å². The molecule has 4 N–H and O–H groups in total. The minimum Gasteiger partial charge on any atom is -0.486 e. The molecule has 4 atom stereocenters. The Hall–Kier alpha value is -3.88. The maximum Gasteiger partial charge on any atom is 0.247 e. The normalized spacial score (nSPS) is 21.6. The van der Waals surface area contributed by atoms with Gasteiger partial charge in [-0.15, -0.1) is 0 Å². The maximum absolute atomic E-state index is 13.5. The summed E-state index contributed by atoms with van der Waals surface area (Å²) in [6, 6.07) is 16.7. The molecule has 2 heterocycles. The highest BCUT2D eigenvalue weighted by Gasteiger charge is 2.50. The van der Waals surface area contributed by atoms with Crippen LogP contribution in [0.4, 0.5) is 0 Å². The number of aromatic amines is 1. The van der Waals surface area contributed by atoms with Crippen LogP contribution in [-0.2, 0) is 16.0 Å². The zero-order valence-corrected chi connectivity index (χ0v) is 21.6. The molecule has 2 aromatic carbocycles. The van der Waals surface area contributed by atoms with Gasteiger partial charge in [0.15, 0.2) is 0 Å². The Bertz CT molecular complexity index is 1370. The second-order valence-electron chi connectivity index (χ2n) is 10.1. The van der Waals surface area contributed by atoms with Crippen LogP contribution >= 0.6 is 0 Å². The number of para-hydroxylation sites is 2. The molecule has 0 radical (unpaired) electrons. The molecule has 5 rings (SSSR count). The van der Waals surface area contributed by atoms with Gasteiger partial charge in [0.05, 0.1) is 18.6 Å². The summed E-state index contributed by atoms with van der Waals surface area (Å²) < 4.78 is 6.17. The van der Waals surface area contributed by atoms with E-state index < -0.39 is 24.2 Å². The molecule has 0 spiro atoms. The molecule has 1 aliphatic heterocycles. The summed E-state index contributed by atoms with van der Waals surface area (Å²) in [5.41, 5.74) is 4.07. The summed E-state index contributed by atoms with van der Waals surface area (Å²) in [7, 11) is 0. The van der Waals surface area contributed by atoms with Crippen molar-refractivity contribution in [3.8, 4) is 5.75 Å². The fourth-order valence-corrected chi connectivity index (χ4v) is 5.44. The van der Waals surface area contributed by atoms with Crippen LogP contribution in [0.1, 0.15) is 31.0 Å². The van der Waals surface area contributed by atoms with Crippen LogP contribution in [0.3, 0.4) is 0 Å². The molecule has 4 unspecified atom stereocenters. The minimum absolute atomic E-state index is 0.101. The molecule has 0 bridgehead atoms. The number of nitrogens with zero attached hydrogens (tertiary/aromatic N) is 1. The number of aromatic nitrogens is 1. The topological polar surface area (TPSA) is 115 Å². The number of fused-ring (bicyclic) bond motifs is 4. The molecule has 0 fully saturated rings. The number of hydrogen-bond donors (Lipinski definition) is 4. The zero-order chi connectivity index (χ0) is 26.8. The van der Waals surface area contributed by atoms with Crippen LogP contribution < -0.4 is 10.1 Å². The van der Waals surface area contributed by atoms with E-state index in [0.29, 0.717) is 24.3 Å². The van der Waals surface area contributed by atoms with Crippen molar-refractivity contribution < 1.29 is 24.5 Å². The standard InChI is InChI=1S/C30H33N3O5/c1-18(2)15-26(35)33(13-11-20-16-19-7-3-5-9-23(19)32-20)24-17-22(30(37)31-12-14-34)27-21-8-4-6-10-25(21)38-29(27)28(24)36/h3-10,15-17,24,27-29,32,34,36H,11-14H2,1-2H3,(H,31,37). The molecule has 38 heavy (non-hydrogen) atoms. The van der Waals surface area contributed by atoms with E-state index >= 15 is 0 Å². The zero-order valence-electron chi connectivity index (χ0n) is 21.6. The van der Waals surface area contributed by atoms with Gasteiger partial charge in [0.2, 0.25) is 11.8 Å². The van der Waals surface area contributed by atoms with Gasteiger partial charge in [0.25, 0.3) is 0 Å². The van der Waals surface area contributed by atoms with Gasteiger partial charge >= 0.3 is 0 Å². The molecule has 1 aliphatic carbocycles. The van der Waals surface area contributed by atoms with E-state index in [-0.39, 0.29) is 25.0 Å². The van der Waals surface area contributed by atoms with E-state index in [1.807, 2.05) is 62.4 Å².